The Labute approximate surface area is 117 Å². The minimum atomic E-state index is -1.69. The third-order valence-corrected chi connectivity index (χ3v) is 9.12. The Hall–Kier alpha value is -0.253. The molecule has 0 aliphatic rings. The van der Waals surface area contributed by atoms with Crippen LogP contribution < -0.4 is 0 Å². The third-order valence-electron chi connectivity index (χ3n) is 3.84. The van der Waals surface area contributed by atoms with Gasteiger partial charge in [-0.3, -0.25) is 0 Å². The summed E-state index contributed by atoms with van der Waals surface area (Å²) in [5.41, 5.74) is 1.28. The van der Waals surface area contributed by atoms with Gasteiger partial charge in [-0.1, -0.05) is 32.9 Å². The van der Waals surface area contributed by atoms with Gasteiger partial charge in [0.2, 0.25) is 0 Å². The number of thioether (sulfide) groups is 1. The van der Waals surface area contributed by atoms with Gasteiger partial charge in [-0.15, -0.1) is 11.8 Å². The van der Waals surface area contributed by atoms with Crippen LogP contribution in [0.15, 0.2) is 29.2 Å². The quantitative estimate of drug-likeness (QED) is 0.533. The molecule has 0 aliphatic heterocycles. The molecule has 0 fully saturated rings. The molecule has 0 heterocycles. The van der Waals surface area contributed by atoms with Crippen LogP contribution in [0.4, 0.5) is 0 Å². The largest absolute Gasteiger partial charge is 0.410 e. The van der Waals surface area contributed by atoms with E-state index in [0.29, 0.717) is 0 Å². The van der Waals surface area contributed by atoms with Crippen molar-refractivity contribution >= 4 is 20.1 Å². The zero-order valence-electron chi connectivity index (χ0n) is 12.7. The van der Waals surface area contributed by atoms with E-state index < -0.39 is 8.32 Å². The Kier molecular flexibility index (Phi) is 5.10. The van der Waals surface area contributed by atoms with E-state index in [1.54, 1.807) is 11.8 Å². The van der Waals surface area contributed by atoms with Gasteiger partial charge in [0.1, 0.15) is 0 Å². The van der Waals surface area contributed by atoms with Crippen molar-refractivity contribution in [2.24, 2.45) is 0 Å². The van der Waals surface area contributed by atoms with E-state index in [2.05, 4.69) is 71.3 Å². The zero-order chi connectivity index (χ0) is 14.0. The lowest BCUT2D eigenvalue weighted by molar-refractivity contribution is 0.203. The van der Waals surface area contributed by atoms with Crippen molar-refractivity contribution in [1.82, 2.24) is 0 Å². The van der Waals surface area contributed by atoms with Gasteiger partial charge in [0.15, 0.2) is 8.32 Å². The maximum atomic E-state index is 6.42. The summed E-state index contributed by atoms with van der Waals surface area (Å²) in [5, 5.41) is 0.262. The van der Waals surface area contributed by atoms with E-state index in [4.69, 9.17) is 4.43 Å². The van der Waals surface area contributed by atoms with E-state index in [9.17, 15) is 0 Å². The van der Waals surface area contributed by atoms with Crippen LogP contribution in [0.2, 0.25) is 18.1 Å². The molecular formula is C15H26OSSi. The second-order valence-electron chi connectivity index (χ2n) is 6.30. The van der Waals surface area contributed by atoms with Gasteiger partial charge in [-0.25, -0.2) is 0 Å². The van der Waals surface area contributed by atoms with Gasteiger partial charge in [0, 0.05) is 4.90 Å². The SMILES string of the molecule is CSc1cccc(C(C)O[Si](C)(C)C(C)(C)C)c1. The third kappa shape index (κ3) is 3.87. The Morgan fingerprint density at radius 3 is 2.33 bits per heavy atom. The molecule has 0 aliphatic carbocycles. The fraction of sp³-hybridized carbons (Fsp3) is 0.600. The standard InChI is InChI=1S/C15H26OSSi/c1-12(16-18(6,7)15(2,3)4)13-9-8-10-14(11-13)17-5/h8-12H,1-7H3. The van der Waals surface area contributed by atoms with Crippen molar-refractivity contribution in [3.63, 3.8) is 0 Å². The van der Waals surface area contributed by atoms with Crippen molar-refractivity contribution < 1.29 is 4.43 Å². The van der Waals surface area contributed by atoms with Crippen LogP contribution in [-0.4, -0.2) is 14.6 Å². The second-order valence-corrected chi connectivity index (χ2v) is 11.9. The molecule has 1 rings (SSSR count). The average molecular weight is 283 g/mol. The average Bonchev–Trinajstić information content (AvgIpc) is 2.27. The molecule has 0 bridgehead atoms. The molecule has 0 aromatic heterocycles. The van der Waals surface area contributed by atoms with Crippen LogP contribution in [0.5, 0.6) is 0 Å². The smallest absolute Gasteiger partial charge is 0.192 e. The van der Waals surface area contributed by atoms with E-state index in [0.717, 1.165) is 0 Å². The second kappa shape index (κ2) is 5.80. The van der Waals surface area contributed by atoms with E-state index >= 15 is 0 Å². The zero-order valence-corrected chi connectivity index (χ0v) is 14.5. The molecule has 1 nitrogen and oxygen atoms in total. The summed E-state index contributed by atoms with van der Waals surface area (Å²) in [6, 6.07) is 8.67. The lowest BCUT2D eigenvalue weighted by Crippen LogP contribution is -2.41. The molecule has 0 radical (unpaired) electrons. The fourth-order valence-electron chi connectivity index (χ4n) is 1.58. The van der Waals surface area contributed by atoms with Crippen molar-refractivity contribution in [1.29, 1.82) is 0 Å². The maximum absolute atomic E-state index is 6.42. The molecule has 1 unspecified atom stereocenters. The minimum absolute atomic E-state index is 0.179. The molecule has 1 aromatic carbocycles. The molecule has 102 valence electrons. The normalized spacial score (nSPS) is 14.6. The first kappa shape index (κ1) is 15.8. The monoisotopic (exact) mass is 282 g/mol. The Morgan fingerprint density at radius 1 is 1.22 bits per heavy atom. The Bertz CT molecular complexity index is 396. The highest BCUT2D eigenvalue weighted by Gasteiger charge is 2.38. The van der Waals surface area contributed by atoms with Gasteiger partial charge in [-0.2, -0.15) is 0 Å². The van der Waals surface area contributed by atoms with E-state index in [1.807, 2.05) is 0 Å². The van der Waals surface area contributed by atoms with Gasteiger partial charge in [0.25, 0.3) is 0 Å². The van der Waals surface area contributed by atoms with Crippen molar-refractivity contribution in [2.45, 2.75) is 56.8 Å². The van der Waals surface area contributed by atoms with Crippen LogP contribution in [0.1, 0.15) is 39.4 Å². The lowest BCUT2D eigenvalue weighted by atomic mass is 10.1. The topological polar surface area (TPSA) is 9.23 Å². The highest BCUT2D eigenvalue weighted by molar-refractivity contribution is 7.98. The van der Waals surface area contributed by atoms with Crippen molar-refractivity contribution in [3.05, 3.63) is 29.8 Å². The van der Waals surface area contributed by atoms with Gasteiger partial charge in [-0.05, 0) is 49.0 Å². The summed E-state index contributed by atoms with van der Waals surface area (Å²) in [7, 11) is -1.69. The van der Waals surface area contributed by atoms with Crippen molar-refractivity contribution in [2.75, 3.05) is 6.26 Å². The van der Waals surface area contributed by atoms with Crippen LogP contribution in [0, 0.1) is 0 Å². The lowest BCUT2D eigenvalue weighted by Gasteiger charge is -2.38. The Balaban J connectivity index is 2.85. The number of hydrogen-bond donors (Lipinski definition) is 0. The molecule has 3 heteroatoms. The molecule has 1 atom stereocenters. The summed E-state index contributed by atoms with van der Waals surface area (Å²) in [6.07, 6.45) is 2.29. The van der Waals surface area contributed by atoms with Crippen LogP contribution >= 0.6 is 11.8 Å². The molecular weight excluding hydrogens is 256 g/mol. The summed E-state index contributed by atoms with van der Waals surface area (Å²) in [6.45, 7) is 13.6. The highest BCUT2D eigenvalue weighted by Crippen LogP contribution is 2.39. The van der Waals surface area contributed by atoms with Gasteiger partial charge < -0.3 is 4.43 Å². The maximum Gasteiger partial charge on any atom is 0.192 e. The predicted molar refractivity (Wildman–Crippen MR) is 84.9 cm³/mol. The fourth-order valence-corrected chi connectivity index (χ4v) is 3.42. The summed E-state index contributed by atoms with van der Waals surface area (Å²) in [4.78, 5) is 1.30. The first-order chi connectivity index (χ1) is 8.17. The number of benzene rings is 1. The van der Waals surface area contributed by atoms with Gasteiger partial charge in [0.05, 0.1) is 6.10 Å². The summed E-state index contributed by atoms with van der Waals surface area (Å²) in [5.74, 6) is 0. The molecule has 0 N–H and O–H groups in total. The predicted octanol–water partition coefficient (Wildman–Crippen LogP) is 5.49. The molecule has 0 amide bonds. The molecule has 0 saturated heterocycles. The number of rotatable bonds is 4. The van der Waals surface area contributed by atoms with Crippen LogP contribution in [0.25, 0.3) is 0 Å². The van der Waals surface area contributed by atoms with Gasteiger partial charge >= 0.3 is 0 Å². The molecule has 0 spiro atoms. The van der Waals surface area contributed by atoms with E-state index in [-0.39, 0.29) is 11.1 Å². The molecule has 0 saturated carbocycles. The molecule has 1 aromatic rings. The minimum Gasteiger partial charge on any atom is -0.410 e. The Morgan fingerprint density at radius 2 is 1.83 bits per heavy atom. The molecule has 18 heavy (non-hydrogen) atoms. The van der Waals surface area contributed by atoms with Crippen LogP contribution in [-0.2, 0) is 4.43 Å². The highest BCUT2D eigenvalue weighted by atomic mass is 32.2. The first-order valence-corrected chi connectivity index (χ1v) is 10.6. The van der Waals surface area contributed by atoms with Crippen molar-refractivity contribution in [3.8, 4) is 0 Å². The number of hydrogen-bond acceptors (Lipinski definition) is 2. The summed E-state index contributed by atoms with van der Waals surface area (Å²) >= 11 is 1.78. The first-order valence-electron chi connectivity index (χ1n) is 6.49. The summed E-state index contributed by atoms with van der Waals surface area (Å²) < 4.78 is 6.42. The van der Waals surface area contributed by atoms with Crippen LogP contribution in [0.3, 0.4) is 0 Å². The van der Waals surface area contributed by atoms with E-state index in [1.165, 1.54) is 10.5 Å².